The van der Waals surface area contributed by atoms with Gasteiger partial charge in [0.25, 0.3) is 5.09 Å². The average molecular weight is 478 g/mol. The smallest absolute Gasteiger partial charge is 0.340 e. The average Bonchev–Trinajstić information content (AvgIpc) is 2.69. The first kappa shape index (κ1) is 26.7. The number of aryl methyl sites for hydroxylation is 2. The molecule has 0 saturated heterocycles. The third-order valence-corrected chi connectivity index (χ3v) is 5.07. The molecule has 0 fully saturated rings. The van der Waals surface area contributed by atoms with E-state index in [0.717, 1.165) is 5.01 Å². The summed E-state index contributed by atoms with van der Waals surface area (Å²) in [4.78, 5) is 8.16. The van der Waals surface area contributed by atoms with Crippen molar-refractivity contribution in [1.82, 2.24) is 5.01 Å². The molecule has 14 heteroatoms. The molecule has 2 rings (SSSR count). The molecule has 0 aliphatic rings. The topological polar surface area (TPSA) is 205 Å². The van der Waals surface area contributed by atoms with Gasteiger partial charge in [-0.05, 0) is 49.2 Å². The first-order valence-corrected chi connectivity index (χ1v) is 10.4. The van der Waals surface area contributed by atoms with E-state index in [4.69, 9.17) is 35.4 Å². The largest absolute Gasteiger partial charge is 0.492 e. The van der Waals surface area contributed by atoms with Gasteiger partial charge in [0.2, 0.25) is 5.96 Å². The van der Waals surface area contributed by atoms with Crippen molar-refractivity contribution in [3.05, 3.63) is 63.2 Å². The van der Waals surface area contributed by atoms with E-state index in [0.29, 0.717) is 16.9 Å². The molecule has 0 saturated carbocycles. The molecule has 0 aliphatic carbocycles. The summed E-state index contributed by atoms with van der Waals surface area (Å²) in [5.74, 6) is 0.151. The lowest BCUT2D eigenvalue weighted by Crippen LogP contribution is -2.34. The highest BCUT2D eigenvalue weighted by molar-refractivity contribution is 7.87. The van der Waals surface area contributed by atoms with Gasteiger partial charge in [-0.3, -0.25) is 5.41 Å². The van der Waals surface area contributed by atoms with E-state index in [2.05, 4.69) is 11.8 Å². The summed E-state index contributed by atoms with van der Waals surface area (Å²) in [5, 5.41) is 34.9. The van der Waals surface area contributed by atoms with E-state index in [-0.39, 0.29) is 35.3 Å². The van der Waals surface area contributed by atoms with Crippen LogP contribution in [0.25, 0.3) is 0 Å². The molecule has 33 heavy (non-hydrogen) atoms. The third kappa shape index (κ3) is 8.71. The Bertz CT molecular complexity index is 1170. The Morgan fingerprint density at radius 3 is 2.45 bits per heavy atom. The minimum atomic E-state index is -4.22. The molecule has 176 valence electrons. The molecular formula is C19H22N6O7S. The van der Waals surface area contributed by atoms with Crippen LogP contribution in [-0.4, -0.2) is 49.5 Å². The number of hydrogen-bond donors (Lipinski definition) is 3. The zero-order chi connectivity index (χ0) is 25.2. The summed E-state index contributed by atoms with van der Waals surface area (Å²) < 4.78 is 36.2. The Labute approximate surface area is 190 Å². The molecule has 0 unspecified atom stereocenters. The Kier molecular flexibility index (Phi) is 9.58. The lowest BCUT2D eigenvalue weighted by atomic mass is 10.2. The molecule has 0 spiro atoms. The molecule has 0 heterocycles. The summed E-state index contributed by atoms with van der Waals surface area (Å²) in [6.07, 6.45) is 0. The number of nitrogens with zero attached hydrogens (tertiary/aromatic N) is 4. The predicted molar refractivity (Wildman–Crippen MR) is 117 cm³/mol. The van der Waals surface area contributed by atoms with Gasteiger partial charge in [-0.15, -0.1) is 10.1 Å². The van der Waals surface area contributed by atoms with Crippen LogP contribution in [0, 0.1) is 40.7 Å². The molecule has 0 atom stereocenters. The number of hydrazone groups is 1. The van der Waals surface area contributed by atoms with E-state index in [1.54, 1.807) is 32.0 Å². The number of rotatable bonds is 8. The Morgan fingerprint density at radius 1 is 1.30 bits per heavy atom. The first-order valence-electron chi connectivity index (χ1n) is 9.00. The van der Waals surface area contributed by atoms with Crippen molar-refractivity contribution >= 4 is 22.8 Å². The Hall–Kier alpha value is -4.38. The van der Waals surface area contributed by atoms with Gasteiger partial charge in [0.1, 0.15) is 29.1 Å². The van der Waals surface area contributed by atoms with E-state index in [1.807, 2.05) is 6.07 Å². The summed E-state index contributed by atoms with van der Waals surface area (Å²) in [6, 6.07) is 11.0. The van der Waals surface area contributed by atoms with E-state index in [9.17, 15) is 13.7 Å². The fourth-order valence-corrected chi connectivity index (χ4v) is 3.62. The second-order valence-corrected chi connectivity index (χ2v) is 7.88. The maximum absolute atomic E-state index is 12.7. The maximum atomic E-state index is 12.7. The Balaban J connectivity index is 0.00000125. The molecule has 0 radical (unpaired) electrons. The van der Waals surface area contributed by atoms with Gasteiger partial charge in [-0.1, -0.05) is 6.07 Å². The second kappa shape index (κ2) is 11.9. The monoisotopic (exact) mass is 478 g/mol. The standard InChI is InChI=1S/C19H21N5O4S.HNO3/c1-13-4-5-15(12-20)18(10-13)29(25,26)28-17-9-14(2)8-16(11-17)27-7-6-24(23-3)19(21)22;2-1(3)4/h4-5,8-11H,3,6-7H2,1-2H3,(H3,21,22);(H,2,3,4). The summed E-state index contributed by atoms with van der Waals surface area (Å²) in [6.45, 7) is 7.12. The van der Waals surface area contributed by atoms with Gasteiger partial charge in [0.15, 0.2) is 0 Å². The van der Waals surface area contributed by atoms with Gasteiger partial charge in [0, 0.05) is 12.8 Å². The van der Waals surface area contributed by atoms with Crippen LogP contribution in [0.2, 0.25) is 0 Å². The SMILES string of the molecule is C=NN(CCOc1cc(C)cc(OS(=O)(=O)c2cc(C)ccc2C#N)c1)C(=N)N.O=[N+]([O-])O. The van der Waals surface area contributed by atoms with Crippen LogP contribution in [0.1, 0.15) is 16.7 Å². The van der Waals surface area contributed by atoms with Crippen molar-refractivity contribution < 1.29 is 27.6 Å². The van der Waals surface area contributed by atoms with Crippen molar-refractivity contribution in [1.29, 1.82) is 10.7 Å². The number of nitrogens with two attached hydrogens (primary N) is 1. The van der Waals surface area contributed by atoms with E-state index < -0.39 is 15.2 Å². The molecule has 2 aromatic rings. The van der Waals surface area contributed by atoms with Crippen molar-refractivity contribution in [3.63, 3.8) is 0 Å². The molecule has 13 nitrogen and oxygen atoms in total. The molecule has 0 amide bonds. The van der Waals surface area contributed by atoms with Gasteiger partial charge in [-0.2, -0.15) is 18.8 Å². The van der Waals surface area contributed by atoms with Crippen LogP contribution in [0.5, 0.6) is 11.5 Å². The fourth-order valence-electron chi connectivity index (χ4n) is 2.46. The highest BCUT2D eigenvalue weighted by atomic mass is 32.2. The molecule has 0 bridgehead atoms. The normalized spacial score (nSPS) is 10.1. The second-order valence-electron chi connectivity index (χ2n) is 6.37. The van der Waals surface area contributed by atoms with E-state index >= 15 is 0 Å². The van der Waals surface area contributed by atoms with Crippen molar-refractivity contribution in [3.8, 4) is 17.6 Å². The first-order chi connectivity index (χ1) is 15.4. The number of hydrogen-bond acceptors (Lipinski definition) is 9. The van der Waals surface area contributed by atoms with Gasteiger partial charge < -0.3 is 19.9 Å². The summed E-state index contributed by atoms with van der Waals surface area (Å²) in [5.41, 5.74) is 6.74. The molecule has 2 aromatic carbocycles. The summed E-state index contributed by atoms with van der Waals surface area (Å²) >= 11 is 0. The van der Waals surface area contributed by atoms with Crippen LogP contribution < -0.4 is 14.7 Å². The van der Waals surface area contributed by atoms with Gasteiger partial charge in [0.05, 0.1) is 12.1 Å². The fraction of sp³-hybridized carbons (Fsp3) is 0.211. The third-order valence-electron chi connectivity index (χ3n) is 3.78. The van der Waals surface area contributed by atoms with Crippen molar-refractivity contribution in [2.75, 3.05) is 13.2 Å². The number of guanidine groups is 1. The highest BCUT2D eigenvalue weighted by Gasteiger charge is 2.22. The predicted octanol–water partition coefficient (Wildman–Crippen LogP) is 1.78. The lowest BCUT2D eigenvalue weighted by molar-refractivity contribution is -0.742. The van der Waals surface area contributed by atoms with Gasteiger partial charge >= 0.3 is 10.1 Å². The van der Waals surface area contributed by atoms with Crippen LogP contribution >= 0.6 is 0 Å². The minimum absolute atomic E-state index is 0.000904. The van der Waals surface area contributed by atoms with Crippen LogP contribution in [0.3, 0.4) is 0 Å². The zero-order valence-corrected chi connectivity index (χ0v) is 18.6. The number of ether oxygens (including phenoxy) is 1. The van der Waals surface area contributed by atoms with Gasteiger partial charge in [-0.25, -0.2) is 5.01 Å². The highest BCUT2D eigenvalue weighted by Crippen LogP contribution is 2.27. The summed E-state index contributed by atoms with van der Waals surface area (Å²) in [7, 11) is -4.22. The molecular weight excluding hydrogens is 456 g/mol. The van der Waals surface area contributed by atoms with Crippen LogP contribution in [0.4, 0.5) is 0 Å². The minimum Gasteiger partial charge on any atom is -0.492 e. The number of nitriles is 1. The van der Waals surface area contributed by atoms with Crippen molar-refractivity contribution in [2.45, 2.75) is 18.7 Å². The number of benzene rings is 2. The van der Waals surface area contributed by atoms with Crippen LogP contribution in [0.15, 0.2) is 46.4 Å². The molecule has 4 N–H and O–H groups in total. The number of nitrogens with one attached hydrogen (secondary N) is 1. The maximum Gasteiger partial charge on any atom is 0.340 e. The molecule has 0 aromatic heterocycles. The zero-order valence-electron chi connectivity index (χ0n) is 17.8. The molecule has 0 aliphatic heterocycles. The van der Waals surface area contributed by atoms with Crippen LogP contribution in [-0.2, 0) is 10.1 Å². The Morgan fingerprint density at radius 2 is 1.91 bits per heavy atom. The van der Waals surface area contributed by atoms with Crippen molar-refractivity contribution in [2.24, 2.45) is 10.8 Å². The quantitative estimate of drug-likeness (QED) is 0.165. The lowest BCUT2D eigenvalue weighted by Gasteiger charge is -2.16. The van der Waals surface area contributed by atoms with E-state index in [1.165, 1.54) is 18.2 Å².